The number of amides is 2. The van der Waals surface area contributed by atoms with Crippen LogP contribution in [-0.2, 0) is 22.6 Å². The number of carbonyl (C=O) groups is 2. The van der Waals surface area contributed by atoms with Gasteiger partial charge in [0.05, 0.1) is 19.2 Å². The summed E-state index contributed by atoms with van der Waals surface area (Å²) >= 11 is 0. The topological polar surface area (TPSA) is 113 Å². The summed E-state index contributed by atoms with van der Waals surface area (Å²) in [5.74, 6) is 1.57. The fraction of sp³-hybridized carbons (Fsp3) is 0.553. The molecule has 3 N–H and O–H groups in total. The maximum atomic E-state index is 14.7. The van der Waals surface area contributed by atoms with Gasteiger partial charge in [0.15, 0.2) is 5.96 Å². The van der Waals surface area contributed by atoms with Crippen LogP contribution < -0.4 is 15.5 Å². The van der Waals surface area contributed by atoms with E-state index in [-0.39, 0.29) is 24.4 Å². The van der Waals surface area contributed by atoms with Crippen molar-refractivity contribution in [2.75, 3.05) is 60.3 Å². The van der Waals surface area contributed by atoms with Crippen molar-refractivity contribution in [1.29, 1.82) is 0 Å². The highest BCUT2D eigenvalue weighted by Crippen LogP contribution is 2.61. The molecular weight excluding hydrogens is 727 g/mol. The highest BCUT2D eigenvalue weighted by Gasteiger charge is 2.57. The van der Waals surface area contributed by atoms with Gasteiger partial charge < -0.3 is 30.4 Å². The lowest BCUT2D eigenvalue weighted by Crippen LogP contribution is -2.62. The van der Waals surface area contributed by atoms with Crippen LogP contribution in [0, 0.1) is 36.0 Å². The Hall–Kier alpha value is -4.45. The highest BCUT2D eigenvalue weighted by molar-refractivity contribution is 5.97. The summed E-state index contributed by atoms with van der Waals surface area (Å²) in [6.45, 7) is 12.0. The molecule has 3 aromatic carbocycles. The summed E-state index contributed by atoms with van der Waals surface area (Å²) in [6.07, 6.45) is 1.60. The Morgan fingerprint density at radius 3 is 2.31 bits per heavy atom. The van der Waals surface area contributed by atoms with E-state index in [1.165, 1.54) is 12.0 Å². The van der Waals surface area contributed by atoms with Crippen LogP contribution in [0.5, 0.6) is 0 Å². The molecular formula is C47H67N7O4. The third-order valence-corrected chi connectivity index (χ3v) is 13.4. The predicted molar refractivity (Wildman–Crippen MR) is 234 cm³/mol. The van der Waals surface area contributed by atoms with Gasteiger partial charge in [-0.25, -0.2) is 0 Å². The molecule has 3 saturated carbocycles. The van der Waals surface area contributed by atoms with E-state index in [1.807, 2.05) is 93.4 Å². The van der Waals surface area contributed by atoms with Crippen molar-refractivity contribution in [3.63, 3.8) is 0 Å². The molecule has 58 heavy (non-hydrogen) atoms. The molecule has 0 spiro atoms. The molecule has 0 unspecified atom stereocenters. The fourth-order valence-corrected chi connectivity index (χ4v) is 9.90. The smallest absolute Gasteiger partial charge is 0.251 e. The molecule has 1 saturated heterocycles. The highest BCUT2D eigenvalue weighted by atomic mass is 16.7. The van der Waals surface area contributed by atoms with Crippen LogP contribution in [0.2, 0.25) is 0 Å². The predicted octanol–water partition coefficient (Wildman–Crippen LogP) is 5.85. The van der Waals surface area contributed by atoms with Crippen molar-refractivity contribution in [2.24, 2.45) is 34.1 Å². The van der Waals surface area contributed by atoms with Crippen LogP contribution in [0.4, 0.5) is 5.69 Å². The minimum atomic E-state index is -0.822. The molecule has 0 aromatic heterocycles. The third kappa shape index (κ3) is 9.06. The Balaban J connectivity index is 1.29. The first-order valence-electron chi connectivity index (χ1n) is 21.0. The standard InChI is InChI=1S/C47H67N7O4/c1-29-33(18-15-19-38(29)34-22-35(24-37(23-34)51(6)7)44(56)48-21-20-32-16-13-12-14-17-32)28-54-43(45(57)50-40-26-36-25-39(30(40)2)47(36,4)5)42(31(3)55)41(58-54)27-49-46(52(8)9)53(10)11/h12-19,22-24,30-31,36,39-43,55H,20-21,25-28H2,1-11H3,(H,48,56)(H,50,57)/t30-,31-,36+,39-,40-,41-,42+,43-/m0/s1. The van der Waals surface area contributed by atoms with E-state index in [1.54, 1.807) is 12.0 Å². The molecule has 4 fully saturated rings. The third-order valence-electron chi connectivity index (χ3n) is 13.4. The van der Waals surface area contributed by atoms with Gasteiger partial charge in [0.1, 0.15) is 12.1 Å². The van der Waals surface area contributed by atoms with Crippen LogP contribution in [0.1, 0.15) is 67.6 Å². The molecule has 11 heteroatoms. The zero-order valence-corrected chi connectivity index (χ0v) is 36.6. The molecule has 3 aliphatic carbocycles. The Morgan fingerprint density at radius 1 is 0.983 bits per heavy atom. The van der Waals surface area contributed by atoms with Gasteiger partial charge in [0.25, 0.3) is 5.91 Å². The number of aliphatic hydroxyl groups excluding tert-OH is 1. The van der Waals surface area contributed by atoms with Crippen LogP contribution in [-0.4, -0.2) is 117 Å². The molecule has 7 rings (SSSR count). The summed E-state index contributed by atoms with van der Waals surface area (Å²) < 4.78 is 0. The number of hydrogen-bond acceptors (Lipinski definition) is 7. The molecule has 11 nitrogen and oxygen atoms in total. The van der Waals surface area contributed by atoms with Crippen molar-refractivity contribution in [1.82, 2.24) is 25.5 Å². The molecule has 4 aliphatic rings. The average Bonchev–Trinajstić information content (AvgIpc) is 3.54. The second-order valence-corrected chi connectivity index (χ2v) is 18.2. The van der Waals surface area contributed by atoms with Crippen molar-refractivity contribution in [3.8, 4) is 11.1 Å². The summed E-state index contributed by atoms with van der Waals surface area (Å²) in [7, 11) is 11.8. The van der Waals surface area contributed by atoms with E-state index >= 15 is 0 Å². The van der Waals surface area contributed by atoms with Crippen LogP contribution in [0.3, 0.4) is 0 Å². The fourth-order valence-electron chi connectivity index (χ4n) is 9.90. The molecule has 0 radical (unpaired) electrons. The number of nitrogens with one attached hydrogen (secondary N) is 2. The first-order chi connectivity index (χ1) is 27.5. The molecule has 2 amide bonds. The SMILES string of the molecule is Cc1c(CN2O[C@@H](CN=C(N(C)C)N(C)C)[C@@H]([C@H](C)O)[C@H]2C(=O)N[C@H]2C[C@H]3C[C@@H]([C@@H]2C)C3(C)C)cccc1-c1cc(C(=O)NCCc2ccccc2)cc(N(C)C)c1. The quantitative estimate of drug-likeness (QED) is 0.146. The monoisotopic (exact) mass is 794 g/mol. The van der Waals surface area contributed by atoms with E-state index in [2.05, 4.69) is 68.7 Å². The molecule has 2 bridgehead atoms. The maximum absolute atomic E-state index is 14.7. The summed E-state index contributed by atoms with van der Waals surface area (Å²) in [4.78, 5) is 45.8. The van der Waals surface area contributed by atoms with Gasteiger partial charge in [0.2, 0.25) is 5.91 Å². The van der Waals surface area contributed by atoms with E-state index in [9.17, 15) is 14.7 Å². The zero-order valence-electron chi connectivity index (χ0n) is 36.6. The molecule has 8 atom stereocenters. The summed E-state index contributed by atoms with van der Waals surface area (Å²) in [5, 5.41) is 19.8. The summed E-state index contributed by atoms with van der Waals surface area (Å²) in [5.41, 5.74) is 6.92. The molecule has 1 heterocycles. The Bertz CT molecular complexity index is 1930. The van der Waals surface area contributed by atoms with Crippen LogP contribution in [0.15, 0.2) is 71.7 Å². The average molecular weight is 794 g/mol. The van der Waals surface area contributed by atoms with Crippen molar-refractivity contribution < 1.29 is 19.5 Å². The zero-order chi connectivity index (χ0) is 42.1. The number of hydrogen-bond donors (Lipinski definition) is 3. The van der Waals surface area contributed by atoms with Gasteiger partial charge >= 0.3 is 0 Å². The first kappa shape index (κ1) is 43.1. The molecule has 314 valence electrons. The van der Waals surface area contributed by atoms with E-state index < -0.39 is 24.2 Å². The number of carbonyl (C=O) groups excluding carboxylic acids is 2. The summed E-state index contributed by atoms with van der Waals surface area (Å²) in [6, 6.07) is 21.7. The van der Waals surface area contributed by atoms with Crippen LogP contribution >= 0.6 is 0 Å². The number of rotatable bonds is 13. The van der Waals surface area contributed by atoms with Gasteiger partial charge in [0, 0.05) is 72.0 Å². The first-order valence-corrected chi connectivity index (χ1v) is 21.0. The van der Waals surface area contributed by atoms with Gasteiger partial charge in [-0.3, -0.25) is 19.4 Å². The van der Waals surface area contributed by atoms with Gasteiger partial charge in [-0.15, -0.1) is 0 Å². The number of hydroxylamine groups is 2. The lowest BCUT2D eigenvalue weighted by atomic mass is 9.45. The number of guanidine groups is 1. The lowest BCUT2D eigenvalue weighted by Gasteiger charge is -2.62. The van der Waals surface area contributed by atoms with E-state index in [4.69, 9.17) is 9.83 Å². The molecule has 3 aromatic rings. The normalized spacial score (nSPS) is 25.3. The van der Waals surface area contributed by atoms with Crippen molar-refractivity contribution >= 4 is 23.5 Å². The number of nitrogens with zero attached hydrogens (tertiary/aromatic N) is 5. The Labute approximate surface area is 346 Å². The number of benzene rings is 3. The Morgan fingerprint density at radius 2 is 1.69 bits per heavy atom. The second-order valence-electron chi connectivity index (χ2n) is 18.2. The number of aliphatic hydroxyl groups is 1. The lowest BCUT2D eigenvalue weighted by molar-refractivity contribution is -0.175. The van der Waals surface area contributed by atoms with Crippen molar-refractivity contribution in [3.05, 3.63) is 89.0 Å². The van der Waals surface area contributed by atoms with Crippen molar-refractivity contribution in [2.45, 2.75) is 84.7 Å². The van der Waals surface area contributed by atoms with E-state index in [0.717, 1.165) is 46.7 Å². The largest absolute Gasteiger partial charge is 0.393 e. The second kappa shape index (κ2) is 17.8. The minimum Gasteiger partial charge on any atom is -0.393 e. The Kier molecular flexibility index (Phi) is 13.2. The van der Waals surface area contributed by atoms with Crippen LogP contribution in [0.25, 0.3) is 11.1 Å². The minimum absolute atomic E-state index is 0.0747. The number of fused-ring (bicyclic) bond motifs is 2. The van der Waals surface area contributed by atoms with Gasteiger partial charge in [-0.1, -0.05) is 69.3 Å². The maximum Gasteiger partial charge on any atom is 0.251 e. The number of anilines is 1. The molecule has 1 aliphatic heterocycles. The van der Waals surface area contributed by atoms with E-state index in [0.29, 0.717) is 41.8 Å². The number of aliphatic imine (C=N–C) groups is 1. The van der Waals surface area contributed by atoms with Gasteiger partial charge in [-0.05, 0) is 102 Å². The van der Waals surface area contributed by atoms with Gasteiger partial charge in [-0.2, -0.15) is 5.06 Å².